The Hall–Kier alpha value is -2.32. The van der Waals surface area contributed by atoms with Gasteiger partial charge in [-0.05, 0) is 38.9 Å². The molecular weight excluding hydrogens is 338 g/mol. The fourth-order valence-corrected chi connectivity index (χ4v) is 3.44. The van der Waals surface area contributed by atoms with E-state index in [9.17, 15) is 9.59 Å². The number of aliphatic carboxylic acids is 1. The lowest BCUT2D eigenvalue weighted by atomic mass is 10.0. The van der Waals surface area contributed by atoms with Gasteiger partial charge < -0.3 is 19.9 Å². The minimum absolute atomic E-state index is 0.0464. The second-order valence-electron chi connectivity index (χ2n) is 6.81. The van der Waals surface area contributed by atoms with Crippen molar-refractivity contribution >= 4 is 17.6 Å². The number of piperidine rings is 1. The second kappa shape index (κ2) is 7.92. The molecule has 0 saturated carbocycles. The summed E-state index contributed by atoms with van der Waals surface area (Å²) in [6, 6.07) is 5.33. The quantitative estimate of drug-likeness (QED) is 0.785. The fraction of sp³-hybridized carbons (Fsp3) is 0.556. The van der Waals surface area contributed by atoms with Gasteiger partial charge in [-0.15, -0.1) is 0 Å². The summed E-state index contributed by atoms with van der Waals surface area (Å²) in [5.41, 5.74) is 0.683. The molecule has 1 atom stereocenters. The molecule has 1 aromatic carbocycles. The molecule has 0 aliphatic carbocycles. The zero-order chi connectivity index (χ0) is 18.7. The number of carbonyl (C=O) groups excluding carboxylic acids is 1. The highest BCUT2D eigenvalue weighted by atomic mass is 16.7. The summed E-state index contributed by atoms with van der Waals surface area (Å²) in [6.45, 7) is 3.68. The van der Waals surface area contributed by atoms with Gasteiger partial charge in [0, 0.05) is 30.9 Å². The number of nitrogens with zero attached hydrogens (tertiary/aromatic N) is 2. The summed E-state index contributed by atoms with van der Waals surface area (Å²) in [5.74, 6) is 0.439. The van der Waals surface area contributed by atoms with Crippen molar-refractivity contribution in [3.8, 4) is 11.5 Å². The highest BCUT2D eigenvalue weighted by molar-refractivity contribution is 5.94. The van der Waals surface area contributed by atoms with Gasteiger partial charge in [-0.1, -0.05) is 0 Å². The van der Waals surface area contributed by atoms with Crippen LogP contribution in [-0.4, -0.2) is 72.3 Å². The number of rotatable bonds is 6. The molecule has 8 nitrogen and oxygen atoms in total. The van der Waals surface area contributed by atoms with Gasteiger partial charge in [0.1, 0.15) is 0 Å². The van der Waals surface area contributed by atoms with Crippen molar-refractivity contribution in [3.63, 3.8) is 0 Å². The third-order valence-electron chi connectivity index (χ3n) is 5.07. The summed E-state index contributed by atoms with van der Waals surface area (Å²) in [7, 11) is 1.84. The Morgan fingerprint density at radius 2 is 2.00 bits per heavy atom. The summed E-state index contributed by atoms with van der Waals surface area (Å²) < 4.78 is 10.6. The molecule has 1 unspecified atom stereocenters. The van der Waals surface area contributed by atoms with Crippen LogP contribution < -0.4 is 14.8 Å². The van der Waals surface area contributed by atoms with Crippen LogP contribution in [0.15, 0.2) is 18.2 Å². The van der Waals surface area contributed by atoms with Gasteiger partial charge in [-0.25, -0.2) is 0 Å². The maximum absolute atomic E-state index is 12.6. The molecule has 1 amide bonds. The lowest BCUT2D eigenvalue weighted by Crippen LogP contribution is -2.50. The Morgan fingerprint density at radius 1 is 1.31 bits per heavy atom. The molecular formula is C18H25N3O5. The largest absolute Gasteiger partial charge is 0.480 e. The van der Waals surface area contributed by atoms with E-state index >= 15 is 0 Å². The van der Waals surface area contributed by atoms with Crippen molar-refractivity contribution in [2.75, 3.05) is 38.8 Å². The topological polar surface area (TPSA) is 91.3 Å². The number of amides is 1. The predicted octanol–water partition coefficient (Wildman–Crippen LogP) is 1.22. The van der Waals surface area contributed by atoms with E-state index in [0.717, 1.165) is 25.9 Å². The first kappa shape index (κ1) is 18.5. The molecule has 2 aliphatic rings. The Bertz CT molecular complexity index is 673. The maximum Gasteiger partial charge on any atom is 0.317 e. The van der Waals surface area contributed by atoms with Gasteiger partial charge >= 0.3 is 5.97 Å². The lowest BCUT2D eigenvalue weighted by Gasteiger charge is -2.38. The molecule has 26 heavy (non-hydrogen) atoms. The average Bonchev–Trinajstić information content (AvgIpc) is 3.08. The van der Waals surface area contributed by atoms with Crippen molar-refractivity contribution in [3.05, 3.63) is 18.2 Å². The number of ether oxygens (including phenoxy) is 2. The monoisotopic (exact) mass is 363 g/mol. The molecule has 142 valence electrons. The second-order valence-corrected chi connectivity index (χ2v) is 6.81. The number of carboxylic acid groups (broad SMARTS) is 1. The number of fused-ring (bicyclic) bond motifs is 1. The number of nitrogens with one attached hydrogen (secondary N) is 1. The molecule has 0 aromatic heterocycles. The van der Waals surface area contributed by atoms with Crippen molar-refractivity contribution in [1.82, 2.24) is 9.80 Å². The van der Waals surface area contributed by atoms with Crippen LogP contribution in [0.1, 0.15) is 19.8 Å². The number of hydrogen-bond donors (Lipinski definition) is 2. The Labute approximate surface area is 152 Å². The maximum atomic E-state index is 12.6. The van der Waals surface area contributed by atoms with E-state index in [2.05, 4.69) is 10.2 Å². The van der Waals surface area contributed by atoms with Crippen LogP contribution in [0.5, 0.6) is 11.5 Å². The zero-order valence-corrected chi connectivity index (χ0v) is 15.1. The number of hydrogen-bond acceptors (Lipinski definition) is 6. The van der Waals surface area contributed by atoms with Crippen molar-refractivity contribution in [2.24, 2.45) is 0 Å². The van der Waals surface area contributed by atoms with Gasteiger partial charge in [0.2, 0.25) is 12.7 Å². The molecule has 0 bridgehead atoms. The van der Waals surface area contributed by atoms with Gasteiger partial charge in [0.25, 0.3) is 0 Å². The molecule has 2 N–H and O–H groups in total. The van der Waals surface area contributed by atoms with Crippen LogP contribution >= 0.6 is 0 Å². The highest BCUT2D eigenvalue weighted by Gasteiger charge is 2.29. The van der Waals surface area contributed by atoms with E-state index in [1.165, 1.54) is 0 Å². The van der Waals surface area contributed by atoms with Crippen LogP contribution in [0.25, 0.3) is 0 Å². The van der Waals surface area contributed by atoms with Crippen LogP contribution in [0.4, 0.5) is 5.69 Å². The highest BCUT2D eigenvalue weighted by Crippen LogP contribution is 2.34. The summed E-state index contributed by atoms with van der Waals surface area (Å²) in [5, 5.41) is 11.8. The van der Waals surface area contributed by atoms with E-state index in [-0.39, 0.29) is 31.3 Å². The third kappa shape index (κ3) is 4.25. The first-order valence-corrected chi connectivity index (χ1v) is 8.80. The molecule has 1 fully saturated rings. The lowest BCUT2D eigenvalue weighted by molar-refractivity contribution is -0.138. The predicted molar refractivity (Wildman–Crippen MR) is 95.5 cm³/mol. The fourth-order valence-electron chi connectivity index (χ4n) is 3.44. The SMILES string of the molecule is CC(C(=O)Nc1ccc2c(c1)OCO2)N1CCC(N(C)CC(=O)O)CC1. The van der Waals surface area contributed by atoms with E-state index < -0.39 is 5.97 Å². The van der Waals surface area contributed by atoms with Crippen molar-refractivity contribution in [1.29, 1.82) is 0 Å². The van der Waals surface area contributed by atoms with Crippen molar-refractivity contribution in [2.45, 2.75) is 31.8 Å². The number of likely N-dealkylation sites (N-methyl/N-ethyl adjacent to an activating group) is 1. The summed E-state index contributed by atoms with van der Waals surface area (Å²) in [4.78, 5) is 27.4. The van der Waals surface area contributed by atoms with E-state index in [4.69, 9.17) is 14.6 Å². The minimum atomic E-state index is -0.814. The van der Waals surface area contributed by atoms with Gasteiger partial charge in [-0.2, -0.15) is 0 Å². The smallest absolute Gasteiger partial charge is 0.317 e. The number of anilines is 1. The Kier molecular flexibility index (Phi) is 5.63. The van der Waals surface area contributed by atoms with Crippen LogP contribution in [0, 0.1) is 0 Å². The molecule has 3 rings (SSSR count). The first-order valence-electron chi connectivity index (χ1n) is 8.80. The minimum Gasteiger partial charge on any atom is -0.480 e. The molecule has 1 aromatic rings. The van der Waals surface area contributed by atoms with Crippen LogP contribution in [0.2, 0.25) is 0 Å². The standard InChI is InChI=1S/C18H25N3O5/c1-12(21-7-5-14(6-8-21)20(2)10-17(22)23)18(24)19-13-3-4-15-16(9-13)26-11-25-15/h3-4,9,12,14H,5-8,10-11H2,1-2H3,(H,19,24)(H,22,23). The summed E-state index contributed by atoms with van der Waals surface area (Å²) in [6.07, 6.45) is 1.71. The summed E-state index contributed by atoms with van der Waals surface area (Å²) >= 11 is 0. The van der Waals surface area contributed by atoms with E-state index in [1.54, 1.807) is 18.2 Å². The van der Waals surface area contributed by atoms with Crippen LogP contribution in [-0.2, 0) is 9.59 Å². The molecule has 2 heterocycles. The zero-order valence-electron chi connectivity index (χ0n) is 15.1. The molecule has 0 spiro atoms. The number of likely N-dealkylation sites (tertiary alicyclic amines) is 1. The normalized spacial score (nSPS) is 18.7. The van der Waals surface area contributed by atoms with Gasteiger partial charge in [-0.3, -0.25) is 19.4 Å². The molecule has 0 radical (unpaired) electrons. The number of carbonyl (C=O) groups is 2. The Morgan fingerprint density at radius 3 is 2.69 bits per heavy atom. The number of carboxylic acids is 1. The van der Waals surface area contributed by atoms with Crippen LogP contribution in [0.3, 0.4) is 0 Å². The van der Waals surface area contributed by atoms with Gasteiger partial charge in [0.05, 0.1) is 12.6 Å². The van der Waals surface area contributed by atoms with Crippen molar-refractivity contribution < 1.29 is 24.2 Å². The van der Waals surface area contributed by atoms with E-state index in [1.807, 2.05) is 18.9 Å². The van der Waals surface area contributed by atoms with Gasteiger partial charge in [0.15, 0.2) is 11.5 Å². The molecule has 8 heteroatoms. The van der Waals surface area contributed by atoms with E-state index in [0.29, 0.717) is 17.2 Å². The third-order valence-corrected chi connectivity index (χ3v) is 5.07. The first-order chi connectivity index (χ1) is 12.4. The molecule has 1 saturated heterocycles. The Balaban J connectivity index is 1.51. The number of benzene rings is 1. The average molecular weight is 363 g/mol. The molecule has 2 aliphatic heterocycles.